The molecule has 0 aliphatic heterocycles. The van der Waals surface area contributed by atoms with Crippen LogP contribution in [0.1, 0.15) is 52.0 Å². The topological polar surface area (TPSA) is 68.1 Å². The molecule has 0 radical (unpaired) electrons. The fourth-order valence-corrected chi connectivity index (χ4v) is 3.09. The van der Waals surface area contributed by atoms with Gasteiger partial charge in [0.05, 0.1) is 18.8 Å². The van der Waals surface area contributed by atoms with Gasteiger partial charge in [-0.05, 0) is 50.8 Å². The Morgan fingerprint density at radius 1 is 1.12 bits per heavy atom. The van der Waals surface area contributed by atoms with Crippen LogP contribution in [0.4, 0.5) is 0 Å². The summed E-state index contributed by atoms with van der Waals surface area (Å²) in [5, 5.41) is 10.1. The molecule has 0 unspecified atom stereocenters. The molecule has 0 heterocycles. The van der Waals surface area contributed by atoms with Gasteiger partial charge in [0.1, 0.15) is 5.76 Å². The number of Topliss-reactive ketones (excluding diaryl/α,β-unsaturated/α-hetero) is 1. The van der Waals surface area contributed by atoms with Crippen LogP contribution in [0.2, 0.25) is 0 Å². The third-order valence-corrected chi connectivity index (χ3v) is 4.32. The third kappa shape index (κ3) is 5.10. The van der Waals surface area contributed by atoms with Crippen molar-refractivity contribution in [2.24, 2.45) is 4.99 Å². The first-order valence-corrected chi connectivity index (χ1v) is 9.48. The van der Waals surface area contributed by atoms with E-state index < -0.39 is 0 Å². The summed E-state index contributed by atoms with van der Waals surface area (Å²) in [6.07, 6.45) is 3.15. The van der Waals surface area contributed by atoms with E-state index in [9.17, 15) is 9.90 Å². The summed E-state index contributed by atoms with van der Waals surface area (Å²) >= 11 is 0. The average molecular weight is 359 g/mol. The minimum Gasteiger partial charge on any atom is -0.511 e. The van der Waals surface area contributed by atoms with Crippen LogP contribution in [0.15, 0.2) is 34.5 Å². The Morgan fingerprint density at radius 2 is 1.85 bits per heavy atom. The highest BCUT2D eigenvalue weighted by Crippen LogP contribution is 2.29. The number of hydrogen-bond donors (Lipinski definition) is 1. The van der Waals surface area contributed by atoms with Gasteiger partial charge in [-0.1, -0.05) is 13.0 Å². The number of aliphatic hydroxyl groups excluding tert-OH is 1. The van der Waals surface area contributed by atoms with Crippen molar-refractivity contribution in [3.8, 4) is 11.5 Å². The van der Waals surface area contributed by atoms with Crippen LogP contribution in [-0.2, 0) is 11.2 Å². The van der Waals surface area contributed by atoms with Crippen LogP contribution < -0.4 is 9.47 Å². The molecule has 1 N–H and O–H groups in total. The van der Waals surface area contributed by atoms with E-state index in [1.165, 1.54) is 0 Å². The van der Waals surface area contributed by atoms with Crippen molar-refractivity contribution in [1.82, 2.24) is 0 Å². The van der Waals surface area contributed by atoms with Crippen LogP contribution in [0.5, 0.6) is 11.5 Å². The second kappa shape index (κ2) is 10.00. The van der Waals surface area contributed by atoms with Gasteiger partial charge in [-0.2, -0.15) is 0 Å². The van der Waals surface area contributed by atoms with Gasteiger partial charge in [0, 0.05) is 25.1 Å². The number of nitrogens with zero attached hydrogens (tertiary/aromatic N) is 1. The lowest BCUT2D eigenvalue weighted by Gasteiger charge is -2.16. The molecule has 0 saturated carbocycles. The first-order valence-electron chi connectivity index (χ1n) is 9.48. The lowest BCUT2D eigenvalue weighted by Crippen LogP contribution is -2.19. The largest absolute Gasteiger partial charge is 0.511 e. The van der Waals surface area contributed by atoms with E-state index in [1.54, 1.807) is 0 Å². The Kier molecular flexibility index (Phi) is 7.70. The molecule has 0 aromatic heterocycles. The quantitative estimate of drug-likeness (QED) is 0.662. The van der Waals surface area contributed by atoms with Gasteiger partial charge in [0.25, 0.3) is 0 Å². The van der Waals surface area contributed by atoms with E-state index in [2.05, 4.69) is 4.99 Å². The van der Waals surface area contributed by atoms with E-state index in [0.717, 1.165) is 29.9 Å². The number of aliphatic hydroxyl groups is 1. The Balaban J connectivity index is 2.10. The summed E-state index contributed by atoms with van der Waals surface area (Å²) in [5.74, 6) is 1.70. The van der Waals surface area contributed by atoms with Gasteiger partial charge in [0.2, 0.25) is 0 Å². The molecule has 0 atom stereocenters. The van der Waals surface area contributed by atoms with Crippen molar-refractivity contribution in [2.45, 2.75) is 52.9 Å². The molecule has 26 heavy (non-hydrogen) atoms. The highest BCUT2D eigenvalue weighted by molar-refractivity contribution is 6.23. The minimum atomic E-state index is 0.00838. The van der Waals surface area contributed by atoms with Gasteiger partial charge in [0.15, 0.2) is 17.3 Å². The van der Waals surface area contributed by atoms with Crippen LogP contribution >= 0.6 is 0 Å². The molecule has 0 fully saturated rings. The molecule has 0 bridgehead atoms. The Bertz CT molecular complexity index is 691. The van der Waals surface area contributed by atoms with Gasteiger partial charge >= 0.3 is 0 Å². The summed E-state index contributed by atoms with van der Waals surface area (Å²) in [6, 6.07) is 5.92. The SMILES string of the molecule is CCOc1ccc(CCN=C(CC)C2=C(O)CCCC2=O)cc1OCC. The smallest absolute Gasteiger partial charge is 0.168 e. The van der Waals surface area contributed by atoms with Crippen LogP contribution in [0, 0.1) is 0 Å². The number of ether oxygens (including phenoxy) is 2. The monoisotopic (exact) mass is 359 g/mol. The van der Waals surface area contributed by atoms with Crippen molar-refractivity contribution in [3.63, 3.8) is 0 Å². The maximum Gasteiger partial charge on any atom is 0.168 e. The molecule has 1 aromatic rings. The summed E-state index contributed by atoms with van der Waals surface area (Å²) in [6.45, 7) is 7.59. The summed E-state index contributed by atoms with van der Waals surface area (Å²) in [7, 11) is 0. The molecule has 2 rings (SSSR count). The lowest BCUT2D eigenvalue weighted by atomic mass is 9.92. The fraction of sp³-hybridized carbons (Fsp3) is 0.524. The number of carbonyl (C=O) groups is 1. The van der Waals surface area contributed by atoms with Crippen molar-refractivity contribution in [1.29, 1.82) is 0 Å². The van der Waals surface area contributed by atoms with Gasteiger partial charge < -0.3 is 14.6 Å². The zero-order valence-electron chi connectivity index (χ0n) is 16.0. The predicted molar refractivity (Wildman–Crippen MR) is 104 cm³/mol. The standard InChI is InChI=1S/C21H29NO4/c1-4-16(21-17(23)8-7-9-18(21)24)22-13-12-15-10-11-19(25-5-2)20(14-15)26-6-3/h10-11,14,23H,4-9,12-13H2,1-3H3. The molecule has 1 aromatic carbocycles. The second-order valence-corrected chi connectivity index (χ2v) is 6.18. The predicted octanol–water partition coefficient (Wildman–Crippen LogP) is 4.44. The Labute approximate surface area is 155 Å². The molecule has 142 valence electrons. The first kappa shape index (κ1) is 20.0. The molecule has 0 saturated heterocycles. The zero-order chi connectivity index (χ0) is 18.9. The van der Waals surface area contributed by atoms with E-state index in [1.807, 2.05) is 39.0 Å². The van der Waals surface area contributed by atoms with Crippen LogP contribution in [0.25, 0.3) is 0 Å². The first-order chi connectivity index (χ1) is 12.6. The minimum absolute atomic E-state index is 0.00838. The highest BCUT2D eigenvalue weighted by Gasteiger charge is 2.23. The molecule has 5 nitrogen and oxygen atoms in total. The second-order valence-electron chi connectivity index (χ2n) is 6.18. The summed E-state index contributed by atoms with van der Waals surface area (Å²) in [4.78, 5) is 16.7. The van der Waals surface area contributed by atoms with Crippen molar-refractivity contribution in [3.05, 3.63) is 35.1 Å². The van der Waals surface area contributed by atoms with Gasteiger partial charge in [-0.15, -0.1) is 0 Å². The number of carbonyl (C=O) groups excluding carboxylic acids is 1. The Morgan fingerprint density at radius 3 is 2.50 bits per heavy atom. The van der Waals surface area contributed by atoms with E-state index >= 15 is 0 Å². The fourth-order valence-electron chi connectivity index (χ4n) is 3.09. The van der Waals surface area contributed by atoms with Crippen molar-refractivity contribution < 1.29 is 19.4 Å². The van der Waals surface area contributed by atoms with E-state index in [-0.39, 0.29) is 11.5 Å². The van der Waals surface area contributed by atoms with Crippen molar-refractivity contribution in [2.75, 3.05) is 19.8 Å². The maximum atomic E-state index is 12.1. The van der Waals surface area contributed by atoms with Crippen molar-refractivity contribution >= 4 is 11.5 Å². The average Bonchev–Trinajstić information content (AvgIpc) is 2.62. The maximum absolute atomic E-state index is 12.1. The molecule has 5 heteroatoms. The van der Waals surface area contributed by atoms with Crippen LogP contribution in [0.3, 0.4) is 0 Å². The molecule has 0 spiro atoms. The van der Waals surface area contributed by atoms with Crippen LogP contribution in [-0.4, -0.2) is 36.4 Å². The lowest BCUT2D eigenvalue weighted by molar-refractivity contribution is -0.115. The number of allylic oxidation sites excluding steroid dienone is 2. The van der Waals surface area contributed by atoms with E-state index in [0.29, 0.717) is 50.3 Å². The molecule has 1 aliphatic carbocycles. The van der Waals surface area contributed by atoms with E-state index in [4.69, 9.17) is 9.47 Å². The third-order valence-electron chi connectivity index (χ3n) is 4.32. The molecule has 0 amide bonds. The molecular formula is C21H29NO4. The number of benzene rings is 1. The summed E-state index contributed by atoms with van der Waals surface area (Å²) < 4.78 is 11.2. The normalized spacial score (nSPS) is 15.3. The summed E-state index contributed by atoms with van der Waals surface area (Å²) in [5.41, 5.74) is 2.26. The zero-order valence-corrected chi connectivity index (χ0v) is 16.0. The number of hydrogen-bond acceptors (Lipinski definition) is 5. The Hall–Kier alpha value is -2.30. The molecule has 1 aliphatic rings. The number of ketones is 1. The molecular weight excluding hydrogens is 330 g/mol. The number of rotatable bonds is 9. The highest BCUT2D eigenvalue weighted by atomic mass is 16.5. The van der Waals surface area contributed by atoms with Gasteiger partial charge in [-0.3, -0.25) is 9.79 Å². The van der Waals surface area contributed by atoms with Gasteiger partial charge in [-0.25, -0.2) is 0 Å². The number of aliphatic imine (C=N–C) groups is 1.